The number of ether oxygens (including phenoxy) is 2. The summed E-state index contributed by atoms with van der Waals surface area (Å²) in [5, 5.41) is 6.11. The van der Waals surface area contributed by atoms with Gasteiger partial charge in [-0.15, -0.1) is 0 Å². The average molecular weight is 314 g/mol. The number of nitrogens with zero attached hydrogens (tertiary/aromatic N) is 1. The zero-order valence-electron chi connectivity index (χ0n) is 13.9. The van der Waals surface area contributed by atoms with E-state index in [2.05, 4.69) is 15.5 Å². The Balaban J connectivity index is 1.77. The zero-order valence-corrected chi connectivity index (χ0v) is 13.9. The molecule has 0 spiro atoms. The molecule has 0 bridgehead atoms. The summed E-state index contributed by atoms with van der Waals surface area (Å²) < 4.78 is 11.0. The first kappa shape index (κ1) is 17.5. The number of nitrogens with two attached hydrogens (primary N) is 1. The summed E-state index contributed by atoms with van der Waals surface area (Å²) in [4.78, 5) is 14.1. The molecule has 0 aromatic carbocycles. The normalized spacial score (nSPS) is 30.8. The van der Waals surface area contributed by atoms with E-state index in [0.717, 1.165) is 32.6 Å². The Bertz CT molecular complexity index is 372. The lowest BCUT2D eigenvalue weighted by Gasteiger charge is -2.42. The van der Waals surface area contributed by atoms with Gasteiger partial charge < -0.3 is 25.8 Å². The minimum atomic E-state index is -0.481. The molecule has 0 aliphatic carbocycles. The van der Waals surface area contributed by atoms with Gasteiger partial charge in [-0.1, -0.05) is 0 Å². The quantitative estimate of drug-likeness (QED) is 0.674. The second-order valence-corrected chi connectivity index (χ2v) is 7.09. The maximum atomic E-state index is 11.7. The van der Waals surface area contributed by atoms with E-state index in [-0.39, 0.29) is 12.1 Å². The standard InChI is InChI=1S/C15H30N4O3/c1-15(2,3)22-14(20)18-8-11-10-19(6-7-21-11)13-4-5-17-9-12(13)16/h11-13,17H,4-10,16H2,1-3H3,(H,18,20). The third kappa shape index (κ3) is 5.39. The molecule has 128 valence electrons. The minimum Gasteiger partial charge on any atom is -0.444 e. The van der Waals surface area contributed by atoms with Crippen LogP contribution in [-0.2, 0) is 9.47 Å². The number of morpholine rings is 1. The molecule has 0 aromatic heterocycles. The molecule has 0 saturated carbocycles. The van der Waals surface area contributed by atoms with E-state index in [0.29, 0.717) is 19.2 Å². The molecular weight excluding hydrogens is 284 g/mol. The van der Waals surface area contributed by atoms with Crippen LogP contribution in [0.5, 0.6) is 0 Å². The van der Waals surface area contributed by atoms with Crippen molar-refractivity contribution in [3.8, 4) is 0 Å². The topological polar surface area (TPSA) is 88.9 Å². The molecule has 2 saturated heterocycles. The van der Waals surface area contributed by atoms with Crippen molar-refractivity contribution in [2.75, 3.05) is 39.3 Å². The number of rotatable bonds is 3. The summed E-state index contributed by atoms with van der Waals surface area (Å²) in [6, 6.07) is 0.556. The van der Waals surface area contributed by atoms with Gasteiger partial charge in [0, 0.05) is 38.3 Å². The van der Waals surface area contributed by atoms with Crippen LogP contribution in [0.3, 0.4) is 0 Å². The van der Waals surface area contributed by atoms with Gasteiger partial charge in [-0.25, -0.2) is 4.79 Å². The highest BCUT2D eigenvalue weighted by atomic mass is 16.6. The van der Waals surface area contributed by atoms with E-state index in [1.165, 1.54) is 0 Å². The largest absolute Gasteiger partial charge is 0.444 e. The second kappa shape index (κ2) is 7.59. The van der Waals surface area contributed by atoms with E-state index < -0.39 is 11.7 Å². The van der Waals surface area contributed by atoms with Crippen LogP contribution in [0.15, 0.2) is 0 Å². The molecular formula is C15H30N4O3. The predicted molar refractivity (Wildman–Crippen MR) is 84.8 cm³/mol. The van der Waals surface area contributed by atoms with Crippen molar-refractivity contribution >= 4 is 6.09 Å². The average Bonchev–Trinajstić information content (AvgIpc) is 2.44. The Morgan fingerprint density at radius 3 is 2.95 bits per heavy atom. The molecule has 2 fully saturated rings. The van der Waals surface area contributed by atoms with Crippen molar-refractivity contribution in [2.24, 2.45) is 5.73 Å². The van der Waals surface area contributed by atoms with Gasteiger partial charge in [0.1, 0.15) is 5.60 Å². The molecule has 0 aromatic rings. The third-order valence-corrected chi connectivity index (χ3v) is 4.00. The summed E-state index contributed by atoms with van der Waals surface area (Å²) in [7, 11) is 0. The Hall–Kier alpha value is -0.890. The summed E-state index contributed by atoms with van der Waals surface area (Å²) in [6.45, 7) is 10.3. The summed E-state index contributed by atoms with van der Waals surface area (Å²) in [5.74, 6) is 0. The van der Waals surface area contributed by atoms with E-state index in [1.54, 1.807) is 0 Å². The number of carbonyl (C=O) groups excluding carboxylic acids is 1. The molecule has 2 rings (SSSR count). The number of nitrogens with one attached hydrogen (secondary N) is 2. The molecule has 0 radical (unpaired) electrons. The number of carbonyl (C=O) groups is 1. The summed E-state index contributed by atoms with van der Waals surface area (Å²) in [5.41, 5.74) is 5.73. The number of piperidine rings is 1. The molecule has 22 heavy (non-hydrogen) atoms. The van der Waals surface area contributed by atoms with Crippen LogP contribution in [0.4, 0.5) is 4.79 Å². The second-order valence-electron chi connectivity index (χ2n) is 7.09. The fourth-order valence-electron chi connectivity index (χ4n) is 3.00. The molecule has 1 amide bonds. The van der Waals surface area contributed by atoms with Crippen molar-refractivity contribution in [1.82, 2.24) is 15.5 Å². The van der Waals surface area contributed by atoms with Crippen LogP contribution in [0.25, 0.3) is 0 Å². The van der Waals surface area contributed by atoms with E-state index in [9.17, 15) is 4.79 Å². The van der Waals surface area contributed by atoms with Crippen molar-refractivity contribution in [3.63, 3.8) is 0 Å². The fourth-order valence-corrected chi connectivity index (χ4v) is 3.00. The first-order chi connectivity index (χ1) is 10.3. The fraction of sp³-hybridized carbons (Fsp3) is 0.933. The Morgan fingerprint density at radius 1 is 1.50 bits per heavy atom. The first-order valence-electron chi connectivity index (χ1n) is 8.14. The lowest BCUT2D eigenvalue weighted by molar-refractivity contribution is -0.0492. The van der Waals surface area contributed by atoms with Crippen molar-refractivity contribution < 1.29 is 14.3 Å². The predicted octanol–water partition coefficient (Wildman–Crippen LogP) is -0.0989. The van der Waals surface area contributed by atoms with E-state index in [4.69, 9.17) is 15.2 Å². The Morgan fingerprint density at radius 2 is 2.27 bits per heavy atom. The van der Waals surface area contributed by atoms with Crippen LogP contribution >= 0.6 is 0 Å². The molecule has 2 heterocycles. The number of hydrogen-bond acceptors (Lipinski definition) is 6. The van der Waals surface area contributed by atoms with Crippen molar-refractivity contribution in [2.45, 2.75) is 51.0 Å². The Labute approximate surface area is 132 Å². The highest BCUT2D eigenvalue weighted by molar-refractivity contribution is 5.67. The SMILES string of the molecule is CC(C)(C)OC(=O)NCC1CN(C2CCNCC2N)CCO1. The number of alkyl carbamates (subject to hydrolysis) is 1. The van der Waals surface area contributed by atoms with Gasteiger partial charge in [-0.2, -0.15) is 0 Å². The molecule has 4 N–H and O–H groups in total. The summed E-state index contributed by atoms with van der Waals surface area (Å²) >= 11 is 0. The van der Waals surface area contributed by atoms with Crippen LogP contribution in [0.2, 0.25) is 0 Å². The van der Waals surface area contributed by atoms with E-state index >= 15 is 0 Å². The van der Waals surface area contributed by atoms with Crippen molar-refractivity contribution in [1.29, 1.82) is 0 Å². The number of amides is 1. The lowest BCUT2D eigenvalue weighted by Crippen LogP contribution is -2.61. The summed E-state index contributed by atoms with van der Waals surface area (Å²) in [6.07, 6.45) is 0.656. The molecule has 3 unspecified atom stereocenters. The van der Waals surface area contributed by atoms with Crippen molar-refractivity contribution in [3.05, 3.63) is 0 Å². The smallest absolute Gasteiger partial charge is 0.407 e. The monoisotopic (exact) mass is 314 g/mol. The molecule has 7 heteroatoms. The third-order valence-electron chi connectivity index (χ3n) is 4.00. The van der Waals surface area contributed by atoms with Gasteiger partial charge in [0.2, 0.25) is 0 Å². The molecule has 2 aliphatic heterocycles. The van der Waals surface area contributed by atoms with Gasteiger partial charge >= 0.3 is 6.09 Å². The van der Waals surface area contributed by atoms with Gasteiger partial charge in [0.15, 0.2) is 0 Å². The van der Waals surface area contributed by atoms with Gasteiger partial charge in [0.25, 0.3) is 0 Å². The molecule has 3 atom stereocenters. The van der Waals surface area contributed by atoms with Crippen LogP contribution in [0, 0.1) is 0 Å². The van der Waals surface area contributed by atoms with Gasteiger partial charge in [-0.05, 0) is 33.7 Å². The maximum Gasteiger partial charge on any atom is 0.407 e. The van der Waals surface area contributed by atoms with Crippen LogP contribution in [-0.4, -0.2) is 74.1 Å². The zero-order chi connectivity index (χ0) is 16.2. The number of hydrogen-bond donors (Lipinski definition) is 3. The van der Waals surface area contributed by atoms with E-state index in [1.807, 2.05) is 20.8 Å². The van der Waals surface area contributed by atoms with Gasteiger partial charge in [0.05, 0.1) is 12.7 Å². The first-order valence-corrected chi connectivity index (χ1v) is 8.14. The van der Waals surface area contributed by atoms with Crippen LogP contribution in [0.1, 0.15) is 27.2 Å². The molecule has 2 aliphatic rings. The maximum absolute atomic E-state index is 11.7. The minimum absolute atomic E-state index is 0.0108. The highest BCUT2D eigenvalue weighted by Crippen LogP contribution is 2.15. The van der Waals surface area contributed by atoms with Crippen LogP contribution < -0.4 is 16.4 Å². The lowest BCUT2D eigenvalue weighted by atomic mass is 9.99. The molecule has 7 nitrogen and oxygen atoms in total. The Kier molecular flexibility index (Phi) is 6.02. The highest BCUT2D eigenvalue weighted by Gasteiger charge is 2.31. The van der Waals surface area contributed by atoms with Gasteiger partial charge in [-0.3, -0.25) is 4.90 Å².